The molecule has 6 heteroatoms. The topological polar surface area (TPSA) is 68.2 Å². The van der Waals surface area contributed by atoms with Gasteiger partial charge >= 0.3 is 5.97 Å². The molecule has 6 nitrogen and oxygen atoms in total. The third-order valence-electron chi connectivity index (χ3n) is 8.99. The Balaban J connectivity index is 1.76. The standard InChI is InChI=1S/C37H52N2O4/c1-10-42-30-17-15-27(16-18-30)32-33(40)39(37(38-32)23-19-29(20-24-37)36(7,8)9)31(21-22-35(4,5)6)26-11-13-28(14-12-26)34(41)43-25(2)3/h11-18,25,29,31H,10,19-24H2,1-9H3. The number of ether oxygens (including phenoxy) is 2. The summed E-state index contributed by atoms with van der Waals surface area (Å²) in [5.41, 5.74) is 2.63. The van der Waals surface area contributed by atoms with Crippen molar-refractivity contribution in [3.8, 4) is 5.75 Å². The van der Waals surface area contributed by atoms with Gasteiger partial charge in [-0.2, -0.15) is 0 Å². The van der Waals surface area contributed by atoms with Crippen LogP contribution in [0.25, 0.3) is 0 Å². The van der Waals surface area contributed by atoms with Crippen molar-refractivity contribution >= 4 is 17.6 Å². The molecule has 0 radical (unpaired) electrons. The molecule has 234 valence electrons. The van der Waals surface area contributed by atoms with Gasteiger partial charge in [0.25, 0.3) is 5.91 Å². The van der Waals surface area contributed by atoms with E-state index >= 15 is 0 Å². The van der Waals surface area contributed by atoms with Gasteiger partial charge in [-0.05, 0) is 118 Å². The van der Waals surface area contributed by atoms with Gasteiger partial charge in [0.15, 0.2) is 0 Å². The summed E-state index contributed by atoms with van der Waals surface area (Å²) in [6.45, 7) is 19.9. The maximum Gasteiger partial charge on any atom is 0.338 e. The van der Waals surface area contributed by atoms with Gasteiger partial charge in [0, 0.05) is 5.56 Å². The monoisotopic (exact) mass is 588 g/mol. The first-order chi connectivity index (χ1) is 20.1. The summed E-state index contributed by atoms with van der Waals surface area (Å²) in [6, 6.07) is 15.3. The molecule has 1 fully saturated rings. The van der Waals surface area contributed by atoms with Crippen LogP contribution in [0.4, 0.5) is 0 Å². The van der Waals surface area contributed by atoms with Gasteiger partial charge in [0.05, 0.1) is 24.3 Å². The molecule has 4 rings (SSSR count). The van der Waals surface area contributed by atoms with Crippen LogP contribution < -0.4 is 4.74 Å². The van der Waals surface area contributed by atoms with Crippen molar-refractivity contribution in [2.45, 2.75) is 119 Å². The smallest absolute Gasteiger partial charge is 0.338 e. The Morgan fingerprint density at radius 1 is 0.977 bits per heavy atom. The Morgan fingerprint density at radius 2 is 1.58 bits per heavy atom. The number of rotatable bonds is 9. The minimum atomic E-state index is -0.593. The quantitative estimate of drug-likeness (QED) is 0.275. The molecule has 1 amide bonds. The van der Waals surface area contributed by atoms with Crippen LogP contribution in [0.1, 0.15) is 128 Å². The maximum absolute atomic E-state index is 14.6. The molecular weight excluding hydrogens is 536 g/mol. The first-order valence-corrected chi connectivity index (χ1v) is 16.1. The number of aliphatic imine (C=N–C) groups is 1. The molecule has 43 heavy (non-hydrogen) atoms. The van der Waals surface area contributed by atoms with Crippen LogP contribution in [-0.2, 0) is 9.53 Å². The number of hydrogen-bond acceptors (Lipinski definition) is 5. The first kappa shape index (κ1) is 32.8. The van der Waals surface area contributed by atoms with Crippen LogP contribution in [0.5, 0.6) is 5.75 Å². The van der Waals surface area contributed by atoms with Crippen molar-refractivity contribution in [1.29, 1.82) is 0 Å². The predicted molar refractivity (Wildman–Crippen MR) is 174 cm³/mol. The number of esters is 1. The summed E-state index contributed by atoms with van der Waals surface area (Å²) < 4.78 is 11.1. The van der Waals surface area contributed by atoms with E-state index in [9.17, 15) is 9.59 Å². The van der Waals surface area contributed by atoms with Crippen molar-refractivity contribution in [3.05, 3.63) is 65.2 Å². The summed E-state index contributed by atoms with van der Waals surface area (Å²) in [5, 5.41) is 0. The van der Waals surface area contributed by atoms with Crippen LogP contribution in [0, 0.1) is 16.7 Å². The summed E-state index contributed by atoms with van der Waals surface area (Å²) >= 11 is 0. The van der Waals surface area contributed by atoms with E-state index in [4.69, 9.17) is 14.5 Å². The number of carbonyl (C=O) groups excluding carboxylic acids is 2. The lowest BCUT2D eigenvalue weighted by atomic mass is 9.69. The Bertz CT molecular complexity index is 1290. The highest BCUT2D eigenvalue weighted by atomic mass is 16.5. The molecule has 0 aromatic heterocycles. The lowest BCUT2D eigenvalue weighted by Crippen LogP contribution is -2.51. The molecule has 1 atom stereocenters. The van der Waals surface area contributed by atoms with Crippen molar-refractivity contribution < 1.29 is 19.1 Å². The molecule has 0 N–H and O–H groups in total. The molecule has 0 bridgehead atoms. The van der Waals surface area contributed by atoms with Gasteiger partial charge in [-0.3, -0.25) is 9.79 Å². The van der Waals surface area contributed by atoms with Gasteiger partial charge in [0.2, 0.25) is 0 Å². The third-order valence-corrected chi connectivity index (χ3v) is 8.99. The molecule has 2 aromatic rings. The normalized spacial score (nSPS) is 21.7. The molecule has 2 aliphatic rings. The van der Waals surface area contributed by atoms with E-state index in [2.05, 4.69) is 46.4 Å². The summed E-state index contributed by atoms with van der Waals surface area (Å²) in [5.74, 6) is 1.02. The molecule has 1 heterocycles. The SMILES string of the molecule is CCOc1ccc(C2=NC3(CCC(C(C)(C)C)CC3)N(C(CCC(C)(C)C)c3ccc(C(=O)OC(C)C)cc3)C2=O)cc1. The van der Waals surface area contributed by atoms with E-state index in [1.165, 1.54) is 0 Å². The van der Waals surface area contributed by atoms with E-state index < -0.39 is 5.66 Å². The van der Waals surface area contributed by atoms with E-state index in [1.807, 2.05) is 69.3 Å². The highest BCUT2D eigenvalue weighted by Gasteiger charge is 2.52. The largest absolute Gasteiger partial charge is 0.494 e. The van der Waals surface area contributed by atoms with Crippen LogP contribution in [0.2, 0.25) is 0 Å². The van der Waals surface area contributed by atoms with Crippen molar-refractivity contribution in [2.75, 3.05) is 6.61 Å². The molecule has 1 spiro atoms. The zero-order chi connectivity index (χ0) is 31.6. The van der Waals surface area contributed by atoms with E-state index in [1.54, 1.807) is 0 Å². The van der Waals surface area contributed by atoms with Crippen molar-refractivity contribution in [1.82, 2.24) is 4.90 Å². The van der Waals surface area contributed by atoms with E-state index in [0.29, 0.717) is 23.8 Å². The summed E-state index contributed by atoms with van der Waals surface area (Å²) in [7, 11) is 0. The zero-order valence-electron chi connectivity index (χ0n) is 27.8. The summed E-state index contributed by atoms with van der Waals surface area (Å²) in [6.07, 6.45) is 5.30. The van der Waals surface area contributed by atoms with Crippen LogP contribution >= 0.6 is 0 Å². The Hall–Kier alpha value is -3.15. The molecule has 1 aliphatic heterocycles. The van der Waals surface area contributed by atoms with E-state index in [-0.39, 0.29) is 34.9 Å². The lowest BCUT2D eigenvalue weighted by Gasteiger charge is -2.47. The van der Waals surface area contributed by atoms with Crippen LogP contribution in [-0.4, -0.2) is 40.9 Å². The Kier molecular flexibility index (Phi) is 9.78. The van der Waals surface area contributed by atoms with Crippen molar-refractivity contribution in [2.24, 2.45) is 21.7 Å². The summed E-state index contributed by atoms with van der Waals surface area (Å²) in [4.78, 5) is 34.7. The van der Waals surface area contributed by atoms with Gasteiger partial charge in [-0.25, -0.2) is 4.79 Å². The van der Waals surface area contributed by atoms with Gasteiger partial charge in [-0.1, -0.05) is 53.7 Å². The fraction of sp³-hybridized carbons (Fsp3) is 0.595. The molecule has 1 unspecified atom stereocenters. The highest BCUT2D eigenvalue weighted by Crippen LogP contribution is 2.50. The highest BCUT2D eigenvalue weighted by molar-refractivity contribution is 6.46. The second-order valence-electron chi connectivity index (χ2n) is 14.9. The molecule has 2 aromatic carbocycles. The van der Waals surface area contributed by atoms with E-state index in [0.717, 1.165) is 55.4 Å². The maximum atomic E-state index is 14.6. The van der Waals surface area contributed by atoms with Crippen molar-refractivity contribution in [3.63, 3.8) is 0 Å². The lowest BCUT2D eigenvalue weighted by molar-refractivity contribution is -0.134. The molecular formula is C37H52N2O4. The zero-order valence-corrected chi connectivity index (χ0v) is 27.8. The van der Waals surface area contributed by atoms with Crippen LogP contribution in [0.15, 0.2) is 53.5 Å². The second kappa shape index (κ2) is 12.8. The third kappa shape index (κ3) is 7.69. The van der Waals surface area contributed by atoms with Gasteiger partial charge in [-0.15, -0.1) is 0 Å². The van der Waals surface area contributed by atoms with Crippen LogP contribution in [0.3, 0.4) is 0 Å². The number of carbonyl (C=O) groups is 2. The molecule has 1 aliphatic carbocycles. The average Bonchev–Trinajstić information content (AvgIpc) is 3.20. The van der Waals surface area contributed by atoms with Gasteiger partial charge in [0.1, 0.15) is 17.1 Å². The molecule has 1 saturated carbocycles. The Morgan fingerprint density at radius 3 is 2.09 bits per heavy atom. The Labute approximate surface area is 259 Å². The minimum Gasteiger partial charge on any atom is -0.494 e. The number of amides is 1. The minimum absolute atomic E-state index is 0.0134. The number of benzene rings is 2. The first-order valence-electron chi connectivity index (χ1n) is 16.1. The average molecular weight is 589 g/mol. The fourth-order valence-corrected chi connectivity index (χ4v) is 6.55. The number of hydrogen-bond donors (Lipinski definition) is 0. The predicted octanol–water partition coefficient (Wildman–Crippen LogP) is 8.78. The second-order valence-corrected chi connectivity index (χ2v) is 14.9. The number of nitrogens with zero attached hydrogens (tertiary/aromatic N) is 2. The molecule has 0 saturated heterocycles. The van der Waals surface area contributed by atoms with Gasteiger partial charge < -0.3 is 14.4 Å². The fourth-order valence-electron chi connectivity index (χ4n) is 6.55.